The van der Waals surface area contributed by atoms with Crippen LogP contribution >= 0.6 is 0 Å². The molecule has 0 aromatic heterocycles. The molecule has 0 spiro atoms. The lowest BCUT2D eigenvalue weighted by atomic mass is 9.94. The number of benzene rings is 2. The standard InChI is InChI=1S/C26H29N3O5/c1-2-32-25(30)23-19(27-26(31)28-24(23)17-7-4-3-5-8-17)16-29-12-6-9-20(29)18-10-11-21-22(15-18)34-14-13-33-21/h3-5,7-8,10-11,15,20,24H,2,6,9,12-14,16H2,1H3,(H2,27,28,31)/t20-,24+/m0/s1. The Morgan fingerprint density at radius 1 is 1.09 bits per heavy atom. The predicted molar refractivity (Wildman–Crippen MR) is 125 cm³/mol. The second kappa shape index (κ2) is 9.77. The van der Waals surface area contributed by atoms with Crippen LogP contribution in [0.1, 0.15) is 43.0 Å². The van der Waals surface area contributed by atoms with Gasteiger partial charge < -0.3 is 24.8 Å². The van der Waals surface area contributed by atoms with Crippen molar-refractivity contribution in [3.8, 4) is 11.5 Å². The molecule has 0 bridgehead atoms. The molecule has 34 heavy (non-hydrogen) atoms. The Morgan fingerprint density at radius 3 is 2.68 bits per heavy atom. The zero-order valence-corrected chi connectivity index (χ0v) is 19.2. The zero-order chi connectivity index (χ0) is 23.5. The maximum absolute atomic E-state index is 13.1. The van der Waals surface area contributed by atoms with E-state index in [9.17, 15) is 9.59 Å². The van der Waals surface area contributed by atoms with Gasteiger partial charge in [0.25, 0.3) is 0 Å². The summed E-state index contributed by atoms with van der Waals surface area (Å²) in [5.74, 6) is 1.11. The van der Waals surface area contributed by atoms with E-state index in [2.05, 4.69) is 21.6 Å². The average molecular weight is 464 g/mol. The number of carbonyl (C=O) groups excluding carboxylic acids is 2. The molecule has 2 atom stereocenters. The molecule has 178 valence electrons. The normalized spacial score (nSPS) is 22.2. The molecule has 0 radical (unpaired) electrons. The molecular weight excluding hydrogens is 434 g/mol. The summed E-state index contributed by atoms with van der Waals surface area (Å²) in [5, 5.41) is 5.79. The smallest absolute Gasteiger partial charge is 0.338 e. The average Bonchev–Trinajstić information content (AvgIpc) is 3.32. The minimum absolute atomic E-state index is 0.147. The molecule has 3 aliphatic rings. The number of urea groups is 1. The van der Waals surface area contributed by atoms with Gasteiger partial charge in [-0.15, -0.1) is 0 Å². The fraction of sp³-hybridized carbons (Fsp3) is 0.385. The molecule has 2 aromatic rings. The summed E-state index contributed by atoms with van der Waals surface area (Å²) >= 11 is 0. The summed E-state index contributed by atoms with van der Waals surface area (Å²) in [4.78, 5) is 28.0. The Kier molecular flexibility index (Phi) is 6.40. The number of nitrogens with one attached hydrogen (secondary N) is 2. The first-order valence-electron chi connectivity index (χ1n) is 11.8. The number of likely N-dealkylation sites (tertiary alicyclic amines) is 1. The summed E-state index contributed by atoms with van der Waals surface area (Å²) in [7, 11) is 0. The molecule has 2 N–H and O–H groups in total. The van der Waals surface area contributed by atoms with Gasteiger partial charge in [-0.2, -0.15) is 0 Å². The Morgan fingerprint density at radius 2 is 1.88 bits per heavy atom. The molecule has 8 nitrogen and oxygen atoms in total. The number of rotatable bonds is 6. The topological polar surface area (TPSA) is 89.1 Å². The van der Waals surface area contributed by atoms with E-state index in [1.807, 2.05) is 42.5 Å². The number of fused-ring (bicyclic) bond motifs is 1. The predicted octanol–water partition coefficient (Wildman–Crippen LogP) is 3.47. The van der Waals surface area contributed by atoms with Crippen molar-refractivity contribution in [1.82, 2.24) is 15.5 Å². The van der Waals surface area contributed by atoms with E-state index in [0.717, 1.165) is 42.0 Å². The first kappa shape index (κ1) is 22.3. The maximum atomic E-state index is 13.1. The molecule has 8 heteroatoms. The van der Waals surface area contributed by atoms with Gasteiger partial charge >= 0.3 is 12.0 Å². The van der Waals surface area contributed by atoms with Crippen LogP contribution in [0.5, 0.6) is 11.5 Å². The number of hydrogen-bond acceptors (Lipinski definition) is 6. The monoisotopic (exact) mass is 463 g/mol. The zero-order valence-electron chi connectivity index (χ0n) is 19.2. The SMILES string of the molecule is CCOC(=O)C1=C(CN2CCC[C@H]2c2ccc3c(c2)OCCO3)NC(=O)N[C@@H]1c1ccccc1. The van der Waals surface area contributed by atoms with Crippen LogP contribution in [0.25, 0.3) is 0 Å². The van der Waals surface area contributed by atoms with Gasteiger partial charge in [0.1, 0.15) is 13.2 Å². The highest BCUT2D eigenvalue weighted by Crippen LogP contribution is 2.39. The van der Waals surface area contributed by atoms with Gasteiger partial charge in [0.05, 0.1) is 18.2 Å². The Labute approximate surface area is 198 Å². The molecule has 0 aliphatic carbocycles. The fourth-order valence-corrected chi connectivity index (χ4v) is 4.95. The maximum Gasteiger partial charge on any atom is 0.338 e. The van der Waals surface area contributed by atoms with Crippen molar-refractivity contribution in [2.24, 2.45) is 0 Å². The number of esters is 1. The second-order valence-corrected chi connectivity index (χ2v) is 8.59. The molecule has 1 saturated heterocycles. The van der Waals surface area contributed by atoms with Gasteiger partial charge in [-0.25, -0.2) is 9.59 Å². The van der Waals surface area contributed by atoms with Crippen molar-refractivity contribution < 1.29 is 23.8 Å². The lowest BCUT2D eigenvalue weighted by Crippen LogP contribution is -2.48. The number of hydrogen-bond donors (Lipinski definition) is 2. The van der Waals surface area contributed by atoms with Crippen LogP contribution in [0.3, 0.4) is 0 Å². The molecule has 5 rings (SSSR count). The molecule has 3 aliphatic heterocycles. The van der Waals surface area contributed by atoms with Gasteiger partial charge in [0.2, 0.25) is 0 Å². The third-order valence-electron chi connectivity index (χ3n) is 6.46. The van der Waals surface area contributed by atoms with Crippen LogP contribution in [0.4, 0.5) is 4.79 Å². The molecule has 2 aromatic carbocycles. The van der Waals surface area contributed by atoms with Crippen LogP contribution in [-0.4, -0.2) is 49.8 Å². The summed E-state index contributed by atoms with van der Waals surface area (Å²) in [5.41, 5.74) is 3.00. The van der Waals surface area contributed by atoms with E-state index in [1.54, 1.807) is 6.92 Å². The lowest BCUT2D eigenvalue weighted by Gasteiger charge is -2.33. The number of carbonyl (C=O) groups is 2. The summed E-state index contributed by atoms with van der Waals surface area (Å²) < 4.78 is 16.8. The highest BCUT2D eigenvalue weighted by molar-refractivity contribution is 5.95. The quantitative estimate of drug-likeness (QED) is 0.638. The van der Waals surface area contributed by atoms with Crippen LogP contribution in [0.15, 0.2) is 59.8 Å². The van der Waals surface area contributed by atoms with Crippen molar-refractivity contribution in [2.75, 3.05) is 32.9 Å². The number of amides is 2. The third-order valence-corrected chi connectivity index (χ3v) is 6.46. The Balaban J connectivity index is 1.47. The largest absolute Gasteiger partial charge is 0.486 e. The first-order chi connectivity index (χ1) is 16.6. The van der Waals surface area contributed by atoms with Crippen molar-refractivity contribution in [1.29, 1.82) is 0 Å². The van der Waals surface area contributed by atoms with Crippen molar-refractivity contribution in [3.05, 3.63) is 70.9 Å². The van der Waals surface area contributed by atoms with E-state index >= 15 is 0 Å². The second-order valence-electron chi connectivity index (χ2n) is 8.59. The van der Waals surface area contributed by atoms with Crippen molar-refractivity contribution in [3.63, 3.8) is 0 Å². The van der Waals surface area contributed by atoms with E-state index in [-0.39, 0.29) is 18.7 Å². The Hall–Kier alpha value is -3.52. The fourth-order valence-electron chi connectivity index (χ4n) is 4.95. The van der Waals surface area contributed by atoms with Crippen LogP contribution in [-0.2, 0) is 9.53 Å². The van der Waals surface area contributed by atoms with Gasteiger partial charge in [0, 0.05) is 18.3 Å². The van der Waals surface area contributed by atoms with Crippen LogP contribution < -0.4 is 20.1 Å². The van der Waals surface area contributed by atoms with E-state index < -0.39 is 12.0 Å². The Bertz CT molecular complexity index is 1100. The minimum Gasteiger partial charge on any atom is -0.486 e. The highest BCUT2D eigenvalue weighted by Gasteiger charge is 2.36. The van der Waals surface area contributed by atoms with Crippen molar-refractivity contribution >= 4 is 12.0 Å². The van der Waals surface area contributed by atoms with E-state index in [1.165, 1.54) is 0 Å². The van der Waals surface area contributed by atoms with Crippen LogP contribution in [0, 0.1) is 0 Å². The molecule has 0 unspecified atom stereocenters. The van der Waals surface area contributed by atoms with E-state index in [0.29, 0.717) is 31.0 Å². The molecule has 0 saturated carbocycles. The van der Waals surface area contributed by atoms with Gasteiger partial charge in [0.15, 0.2) is 11.5 Å². The van der Waals surface area contributed by atoms with Gasteiger partial charge in [-0.05, 0) is 49.6 Å². The number of nitrogens with zero attached hydrogens (tertiary/aromatic N) is 1. The molecule has 1 fully saturated rings. The summed E-state index contributed by atoms with van der Waals surface area (Å²) in [6, 6.07) is 14.8. The third kappa shape index (κ3) is 4.46. The molecular formula is C26H29N3O5. The summed E-state index contributed by atoms with van der Waals surface area (Å²) in [6.07, 6.45) is 2.01. The van der Waals surface area contributed by atoms with Gasteiger partial charge in [-0.1, -0.05) is 36.4 Å². The van der Waals surface area contributed by atoms with E-state index in [4.69, 9.17) is 14.2 Å². The first-order valence-corrected chi connectivity index (χ1v) is 11.8. The minimum atomic E-state index is -0.570. The summed E-state index contributed by atoms with van der Waals surface area (Å²) in [6.45, 7) is 4.43. The highest BCUT2D eigenvalue weighted by atomic mass is 16.6. The van der Waals surface area contributed by atoms with Crippen molar-refractivity contribution in [2.45, 2.75) is 31.8 Å². The van der Waals surface area contributed by atoms with Gasteiger partial charge in [-0.3, -0.25) is 4.90 Å². The lowest BCUT2D eigenvalue weighted by molar-refractivity contribution is -0.139. The number of ether oxygens (including phenoxy) is 3. The molecule has 3 heterocycles. The molecule has 2 amide bonds. The van der Waals surface area contributed by atoms with Crippen LogP contribution in [0.2, 0.25) is 0 Å².